The quantitative estimate of drug-likeness (QED) is 0.527. The molecule has 0 aliphatic heterocycles. The summed E-state index contributed by atoms with van der Waals surface area (Å²) in [5, 5.41) is 19.7. The molecule has 0 amide bonds. The number of anilines is 2. The van der Waals surface area contributed by atoms with Crippen molar-refractivity contribution in [1.82, 2.24) is 30.2 Å². The fourth-order valence-electron chi connectivity index (χ4n) is 2.79. The van der Waals surface area contributed by atoms with Gasteiger partial charge in [-0.05, 0) is 52.9 Å². The van der Waals surface area contributed by atoms with E-state index >= 15 is 0 Å². The Bertz CT molecular complexity index is 1250. The molecule has 8 heteroatoms. The first-order chi connectivity index (χ1) is 13.3. The van der Waals surface area contributed by atoms with E-state index in [2.05, 4.69) is 30.9 Å². The maximum Gasteiger partial charge on any atom is 0.200 e. The predicted molar refractivity (Wildman–Crippen MR) is 100 cm³/mol. The molecule has 5 rings (SSSR count). The highest BCUT2D eigenvalue weighted by Gasteiger charge is 2.06. The number of nitrogens with one attached hydrogen (secondary N) is 1. The van der Waals surface area contributed by atoms with E-state index in [1.165, 1.54) is 4.63 Å². The van der Waals surface area contributed by atoms with Crippen LogP contribution in [0.4, 0.5) is 11.5 Å². The van der Waals surface area contributed by atoms with Crippen LogP contribution in [0.1, 0.15) is 0 Å². The second kappa shape index (κ2) is 6.34. The van der Waals surface area contributed by atoms with Gasteiger partial charge in [-0.1, -0.05) is 18.2 Å². The summed E-state index contributed by atoms with van der Waals surface area (Å²) in [6.45, 7) is 0. The summed E-state index contributed by atoms with van der Waals surface area (Å²) in [5.41, 5.74) is 2.32. The summed E-state index contributed by atoms with van der Waals surface area (Å²) >= 11 is 0. The Morgan fingerprint density at radius 2 is 1.89 bits per heavy atom. The van der Waals surface area contributed by atoms with Crippen LogP contribution in [0.15, 0.2) is 72.9 Å². The van der Waals surface area contributed by atoms with Gasteiger partial charge in [0.1, 0.15) is 11.5 Å². The van der Waals surface area contributed by atoms with Crippen LogP contribution in [0.3, 0.4) is 0 Å². The largest absolute Gasteiger partial charge is 0.457 e. The molecule has 130 valence electrons. The first-order valence-electron chi connectivity index (χ1n) is 8.29. The first kappa shape index (κ1) is 15.2. The first-order valence-corrected chi connectivity index (χ1v) is 8.29. The minimum atomic E-state index is 0.585. The van der Waals surface area contributed by atoms with E-state index < -0.39 is 0 Å². The molecule has 0 saturated carbocycles. The maximum atomic E-state index is 6.09. The van der Waals surface area contributed by atoms with Crippen molar-refractivity contribution in [2.45, 2.75) is 0 Å². The smallest absolute Gasteiger partial charge is 0.200 e. The molecule has 0 fully saturated rings. The molecular weight excluding hydrogens is 342 g/mol. The predicted octanol–water partition coefficient (Wildman–Crippen LogP) is 3.60. The van der Waals surface area contributed by atoms with Gasteiger partial charge in [-0.2, -0.15) is 0 Å². The Morgan fingerprint density at radius 1 is 0.926 bits per heavy atom. The van der Waals surface area contributed by atoms with E-state index in [0.29, 0.717) is 17.2 Å². The zero-order valence-electron chi connectivity index (χ0n) is 14.0. The van der Waals surface area contributed by atoms with Gasteiger partial charge in [-0.15, -0.1) is 14.8 Å². The highest BCUT2D eigenvalue weighted by atomic mass is 16.5. The van der Waals surface area contributed by atoms with E-state index in [0.717, 1.165) is 22.3 Å². The number of ether oxygens (including phenoxy) is 1. The molecule has 0 spiro atoms. The Kier molecular flexibility index (Phi) is 3.57. The third-order valence-corrected chi connectivity index (χ3v) is 4.01. The van der Waals surface area contributed by atoms with Gasteiger partial charge in [-0.3, -0.25) is 4.98 Å². The number of nitrogens with zero attached hydrogens (tertiary/aromatic N) is 6. The second-order valence-electron chi connectivity index (χ2n) is 5.83. The fourth-order valence-corrected chi connectivity index (χ4v) is 2.79. The molecule has 2 aromatic carbocycles. The lowest BCUT2D eigenvalue weighted by Crippen LogP contribution is -2.00. The van der Waals surface area contributed by atoms with Gasteiger partial charge in [0.25, 0.3) is 0 Å². The van der Waals surface area contributed by atoms with Gasteiger partial charge in [0, 0.05) is 23.3 Å². The zero-order chi connectivity index (χ0) is 18.1. The number of fused-ring (bicyclic) bond motifs is 2. The molecule has 0 radical (unpaired) electrons. The van der Waals surface area contributed by atoms with Crippen molar-refractivity contribution in [3.8, 4) is 11.5 Å². The molecule has 0 unspecified atom stereocenters. The van der Waals surface area contributed by atoms with Crippen LogP contribution in [0.5, 0.6) is 11.5 Å². The van der Waals surface area contributed by atoms with Crippen LogP contribution in [0, 0.1) is 0 Å². The minimum absolute atomic E-state index is 0.585. The van der Waals surface area contributed by atoms with Crippen LogP contribution in [-0.2, 0) is 0 Å². The molecule has 27 heavy (non-hydrogen) atoms. The number of para-hydroxylation sites is 1. The van der Waals surface area contributed by atoms with E-state index in [4.69, 9.17) is 4.74 Å². The molecule has 3 aromatic heterocycles. The topological polar surface area (TPSA) is 90.1 Å². The fraction of sp³-hybridized carbons (Fsp3) is 0. The second-order valence-corrected chi connectivity index (χ2v) is 5.83. The van der Waals surface area contributed by atoms with Crippen molar-refractivity contribution >= 4 is 28.1 Å². The van der Waals surface area contributed by atoms with E-state index in [1.807, 2.05) is 60.7 Å². The van der Waals surface area contributed by atoms with Crippen molar-refractivity contribution < 1.29 is 4.74 Å². The Hall–Kier alpha value is -4.07. The molecule has 0 bridgehead atoms. The standard InChI is InChI=1S/C19H13N7O/c1-2-7-16-15(6-1)17(10-11-20-16)27-14-5-3-4-13(12-14)21-18-8-9-19-22-24-25-26(19)23-18/h1-12H,(H,21,23). The van der Waals surface area contributed by atoms with Gasteiger partial charge < -0.3 is 10.1 Å². The number of benzene rings is 2. The van der Waals surface area contributed by atoms with Crippen LogP contribution in [0.25, 0.3) is 16.6 Å². The lowest BCUT2D eigenvalue weighted by Gasteiger charge is -2.10. The lowest BCUT2D eigenvalue weighted by atomic mass is 10.2. The Labute approximate surface area is 153 Å². The van der Waals surface area contributed by atoms with Crippen molar-refractivity contribution in [2.24, 2.45) is 0 Å². The van der Waals surface area contributed by atoms with Gasteiger partial charge in [0.15, 0.2) is 11.5 Å². The van der Waals surface area contributed by atoms with Gasteiger partial charge in [0.05, 0.1) is 5.52 Å². The van der Waals surface area contributed by atoms with Crippen LogP contribution in [-0.4, -0.2) is 30.2 Å². The molecule has 5 aromatic rings. The number of rotatable bonds is 4. The van der Waals surface area contributed by atoms with E-state index in [1.54, 1.807) is 12.3 Å². The monoisotopic (exact) mass is 355 g/mol. The average Bonchev–Trinajstić information content (AvgIpc) is 3.16. The van der Waals surface area contributed by atoms with Crippen molar-refractivity contribution in [1.29, 1.82) is 0 Å². The molecule has 0 aliphatic rings. The van der Waals surface area contributed by atoms with Gasteiger partial charge >= 0.3 is 0 Å². The molecule has 0 saturated heterocycles. The summed E-state index contributed by atoms with van der Waals surface area (Å²) in [6.07, 6.45) is 1.74. The van der Waals surface area contributed by atoms with Crippen molar-refractivity contribution in [2.75, 3.05) is 5.32 Å². The van der Waals surface area contributed by atoms with E-state index in [9.17, 15) is 0 Å². The SMILES string of the molecule is c1cc(Nc2ccc3nnnn3n2)cc(Oc2ccnc3ccccc23)c1. The summed E-state index contributed by atoms with van der Waals surface area (Å²) < 4.78 is 7.46. The number of aromatic nitrogens is 6. The highest BCUT2D eigenvalue weighted by molar-refractivity contribution is 5.85. The van der Waals surface area contributed by atoms with Crippen molar-refractivity contribution in [3.63, 3.8) is 0 Å². The zero-order valence-corrected chi connectivity index (χ0v) is 14.0. The third kappa shape index (κ3) is 2.99. The van der Waals surface area contributed by atoms with Crippen LogP contribution >= 0.6 is 0 Å². The number of hydrogen-bond acceptors (Lipinski definition) is 7. The summed E-state index contributed by atoms with van der Waals surface area (Å²) in [5.74, 6) is 2.09. The third-order valence-electron chi connectivity index (χ3n) is 4.01. The summed E-state index contributed by atoms with van der Waals surface area (Å²) in [7, 11) is 0. The highest BCUT2D eigenvalue weighted by Crippen LogP contribution is 2.30. The van der Waals surface area contributed by atoms with Gasteiger partial charge in [0.2, 0.25) is 0 Å². The van der Waals surface area contributed by atoms with Crippen molar-refractivity contribution in [3.05, 3.63) is 72.9 Å². The van der Waals surface area contributed by atoms with Crippen LogP contribution in [0.2, 0.25) is 0 Å². The molecular formula is C19H13N7O. The average molecular weight is 355 g/mol. The Morgan fingerprint density at radius 3 is 2.89 bits per heavy atom. The van der Waals surface area contributed by atoms with E-state index in [-0.39, 0.29) is 0 Å². The van der Waals surface area contributed by atoms with Crippen LogP contribution < -0.4 is 10.1 Å². The summed E-state index contributed by atoms with van der Waals surface area (Å²) in [4.78, 5) is 4.36. The summed E-state index contributed by atoms with van der Waals surface area (Å²) in [6, 6.07) is 21.0. The maximum absolute atomic E-state index is 6.09. The number of pyridine rings is 1. The Balaban J connectivity index is 1.43. The molecule has 8 nitrogen and oxygen atoms in total. The molecule has 3 heterocycles. The lowest BCUT2D eigenvalue weighted by molar-refractivity contribution is 0.488. The molecule has 0 aliphatic carbocycles. The molecule has 1 N–H and O–H groups in total. The van der Waals surface area contributed by atoms with Gasteiger partial charge in [-0.25, -0.2) is 0 Å². The number of hydrogen-bond donors (Lipinski definition) is 1. The number of tetrazole rings is 1. The normalized spacial score (nSPS) is 11.0. The minimum Gasteiger partial charge on any atom is -0.457 e. The molecule has 0 atom stereocenters.